The normalized spacial score (nSPS) is 15.7. The Bertz CT molecular complexity index is 957. The molecule has 0 N–H and O–H groups in total. The maximum absolute atomic E-state index is 11.9. The fraction of sp³-hybridized carbons (Fsp3) is 0.333. The first-order chi connectivity index (χ1) is 12.8. The fourth-order valence-corrected chi connectivity index (χ4v) is 4.31. The van der Waals surface area contributed by atoms with Crippen molar-refractivity contribution in [2.75, 3.05) is 37.3 Å². The molecule has 0 atom stereocenters. The number of rotatable bonds is 5. The standard InChI is InChI=1S/C18H20ClN3O4S/c1-27(25,26)17-8-4-7-16(18(17)22(23)24)21-11-9-20(10-12-21)13-14-5-2-3-6-15(14)19/h2-8H,9-13H2,1H3. The first kappa shape index (κ1) is 19.6. The molecule has 1 fully saturated rings. The van der Waals surface area contributed by atoms with E-state index in [0.717, 1.165) is 16.8 Å². The van der Waals surface area contributed by atoms with E-state index in [2.05, 4.69) is 4.90 Å². The number of nitro groups is 1. The van der Waals surface area contributed by atoms with Crippen molar-refractivity contribution in [1.82, 2.24) is 4.90 Å². The van der Waals surface area contributed by atoms with Gasteiger partial charge in [-0.05, 0) is 23.8 Å². The van der Waals surface area contributed by atoms with Crippen LogP contribution in [0.3, 0.4) is 0 Å². The third-order valence-corrected chi connectivity index (χ3v) is 6.12. The number of hydrogen-bond acceptors (Lipinski definition) is 6. The van der Waals surface area contributed by atoms with Gasteiger partial charge in [0.1, 0.15) is 10.6 Å². The van der Waals surface area contributed by atoms with Gasteiger partial charge in [0, 0.05) is 44.0 Å². The van der Waals surface area contributed by atoms with E-state index in [1.54, 1.807) is 12.1 Å². The number of nitrogens with zero attached hydrogens (tertiary/aromatic N) is 3. The average molecular weight is 410 g/mol. The molecule has 144 valence electrons. The van der Waals surface area contributed by atoms with Gasteiger partial charge in [0.2, 0.25) is 0 Å². The van der Waals surface area contributed by atoms with E-state index in [0.29, 0.717) is 38.4 Å². The second-order valence-corrected chi connectivity index (χ2v) is 8.90. The highest BCUT2D eigenvalue weighted by Crippen LogP contribution is 2.35. The lowest BCUT2D eigenvalue weighted by Crippen LogP contribution is -2.46. The summed E-state index contributed by atoms with van der Waals surface area (Å²) in [7, 11) is -3.69. The van der Waals surface area contributed by atoms with Gasteiger partial charge in [0.25, 0.3) is 0 Å². The molecule has 1 heterocycles. The Labute approximate surface area is 163 Å². The topological polar surface area (TPSA) is 83.8 Å². The molecule has 1 aliphatic rings. The minimum absolute atomic E-state index is 0.247. The molecule has 0 aromatic heterocycles. The summed E-state index contributed by atoms with van der Waals surface area (Å²) < 4.78 is 23.9. The van der Waals surface area contributed by atoms with Crippen LogP contribution in [0, 0.1) is 10.1 Å². The Hall–Kier alpha value is -2.16. The molecule has 0 saturated carbocycles. The molecule has 0 spiro atoms. The lowest BCUT2D eigenvalue weighted by molar-refractivity contribution is -0.387. The van der Waals surface area contributed by atoms with Crippen LogP contribution in [0.25, 0.3) is 0 Å². The number of sulfone groups is 1. The van der Waals surface area contributed by atoms with Gasteiger partial charge in [-0.1, -0.05) is 35.9 Å². The van der Waals surface area contributed by atoms with Crippen molar-refractivity contribution in [3.8, 4) is 0 Å². The maximum atomic E-state index is 11.9. The molecule has 2 aromatic rings. The molecule has 3 rings (SSSR count). The fourth-order valence-electron chi connectivity index (χ4n) is 3.26. The minimum atomic E-state index is -3.69. The van der Waals surface area contributed by atoms with Crippen molar-refractivity contribution in [1.29, 1.82) is 0 Å². The predicted molar refractivity (Wildman–Crippen MR) is 105 cm³/mol. The molecule has 27 heavy (non-hydrogen) atoms. The van der Waals surface area contributed by atoms with Crippen LogP contribution >= 0.6 is 11.6 Å². The van der Waals surface area contributed by atoms with Crippen molar-refractivity contribution in [2.24, 2.45) is 0 Å². The molecule has 0 bridgehead atoms. The second-order valence-electron chi connectivity index (χ2n) is 6.51. The minimum Gasteiger partial charge on any atom is -0.363 e. The van der Waals surface area contributed by atoms with Gasteiger partial charge in [-0.25, -0.2) is 8.42 Å². The van der Waals surface area contributed by atoms with Crippen molar-refractivity contribution >= 4 is 32.8 Å². The highest BCUT2D eigenvalue weighted by atomic mass is 35.5. The monoisotopic (exact) mass is 409 g/mol. The second kappa shape index (κ2) is 7.84. The smallest absolute Gasteiger partial charge is 0.311 e. The Morgan fingerprint density at radius 1 is 1.07 bits per heavy atom. The van der Waals surface area contributed by atoms with Crippen LogP contribution in [-0.4, -0.2) is 50.7 Å². The highest BCUT2D eigenvalue weighted by molar-refractivity contribution is 7.90. The maximum Gasteiger partial charge on any atom is 0.311 e. The largest absolute Gasteiger partial charge is 0.363 e. The predicted octanol–water partition coefficient (Wildman–Crippen LogP) is 2.97. The molecular weight excluding hydrogens is 390 g/mol. The summed E-state index contributed by atoms with van der Waals surface area (Å²) in [5, 5.41) is 12.3. The number of para-hydroxylation sites is 1. The van der Waals surface area contributed by atoms with E-state index >= 15 is 0 Å². The van der Waals surface area contributed by atoms with E-state index in [1.165, 1.54) is 6.07 Å². The van der Waals surface area contributed by atoms with Crippen molar-refractivity contribution in [2.45, 2.75) is 11.4 Å². The van der Waals surface area contributed by atoms with E-state index in [4.69, 9.17) is 11.6 Å². The molecule has 0 aliphatic carbocycles. The Kier molecular flexibility index (Phi) is 5.69. The van der Waals surface area contributed by atoms with Gasteiger partial charge in [-0.3, -0.25) is 15.0 Å². The molecule has 0 unspecified atom stereocenters. The van der Waals surface area contributed by atoms with Gasteiger partial charge >= 0.3 is 5.69 Å². The van der Waals surface area contributed by atoms with E-state index in [9.17, 15) is 18.5 Å². The van der Waals surface area contributed by atoms with E-state index in [1.807, 2.05) is 29.2 Å². The van der Waals surface area contributed by atoms with Crippen LogP contribution in [-0.2, 0) is 16.4 Å². The molecule has 1 aliphatic heterocycles. The summed E-state index contributed by atoms with van der Waals surface area (Å²) in [5.41, 5.74) is 1.04. The van der Waals surface area contributed by atoms with Crippen LogP contribution < -0.4 is 4.90 Å². The van der Waals surface area contributed by atoms with Crippen molar-refractivity contribution < 1.29 is 13.3 Å². The Morgan fingerprint density at radius 2 is 1.74 bits per heavy atom. The van der Waals surface area contributed by atoms with Crippen LogP contribution in [0.4, 0.5) is 11.4 Å². The zero-order valence-corrected chi connectivity index (χ0v) is 16.4. The molecule has 9 heteroatoms. The zero-order valence-electron chi connectivity index (χ0n) is 14.8. The summed E-state index contributed by atoms with van der Waals surface area (Å²) in [6.07, 6.45) is 0.987. The van der Waals surface area contributed by atoms with Crippen molar-refractivity contribution in [3.63, 3.8) is 0 Å². The SMILES string of the molecule is CS(=O)(=O)c1cccc(N2CCN(Cc3ccccc3Cl)CC2)c1[N+](=O)[O-]. The molecule has 0 amide bonds. The molecule has 7 nitrogen and oxygen atoms in total. The zero-order chi connectivity index (χ0) is 19.6. The van der Waals surface area contributed by atoms with Crippen LogP contribution in [0.2, 0.25) is 5.02 Å². The number of hydrogen-bond donors (Lipinski definition) is 0. The first-order valence-corrected chi connectivity index (χ1v) is 10.7. The quantitative estimate of drug-likeness (QED) is 0.557. The molecule has 2 aromatic carbocycles. The van der Waals surface area contributed by atoms with Crippen LogP contribution in [0.5, 0.6) is 0 Å². The lowest BCUT2D eigenvalue weighted by Gasteiger charge is -2.36. The first-order valence-electron chi connectivity index (χ1n) is 8.45. The van der Waals surface area contributed by atoms with E-state index in [-0.39, 0.29) is 10.6 Å². The van der Waals surface area contributed by atoms with Gasteiger partial charge < -0.3 is 4.90 Å². The lowest BCUT2D eigenvalue weighted by atomic mass is 10.1. The molecule has 0 radical (unpaired) electrons. The number of halogens is 1. The van der Waals surface area contributed by atoms with Crippen LogP contribution in [0.15, 0.2) is 47.4 Å². The molecule has 1 saturated heterocycles. The van der Waals surface area contributed by atoms with Gasteiger partial charge in [0.15, 0.2) is 9.84 Å². The Morgan fingerprint density at radius 3 is 2.33 bits per heavy atom. The summed E-state index contributed by atoms with van der Waals surface area (Å²) in [6, 6.07) is 12.1. The number of benzene rings is 2. The summed E-state index contributed by atoms with van der Waals surface area (Å²) in [6.45, 7) is 3.24. The van der Waals surface area contributed by atoms with Crippen molar-refractivity contribution in [3.05, 3.63) is 63.2 Å². The number of piperazine rings is 1. The highest BCUT2D eigenvalue weighted by Gasteiger charge is 2.30. The average Bonchev–Trinajstić information content (AvgIpc) is 2.63. The van der Waals surface area contributed by atoms with E-state index < -0.39 is 14.8 Å². The summed E-state index contributed by atoms with van der Waals surface area (Å²) in [5.74, 6) is 0. The third kappa shape index (κ3) is 4.40. The summed E-state index contributed by atoms with van der Waals surface area (Å²) in [4.78, 5) is 14.8. The number of nitro benzene ring substituents is 1. The van der Waals surface area contributed by atoms with Gasteiger partial charge in [-0.15, -0.1) is 0 Å². The third-order valence-electron chi connectivity index (χ3n) is 4.62. The number of anilines is 1. The van der Waals surface area contributed by atoms with Gasteiger partial charge in [0.05, 0.1) is 4.92 Å². The Balaban J connectivity index is 1.78. The van der Waals surface area contributed by atoms with Gasteiger partial charge in [-0.2, -0.15) is 0 Å². The van der Waals surface area contributed by atoms with Crippen LogP contribution in [0.1, 0.15) is 5.56 Å². The molecular formula is C18H20ClN3O4S. The summed E-state index contributed by atoms with van der Waals surface area (Å²) >= 11 is 6.21.